The molecule has 3 heterocycles. The number of fused-ring (bicyclic) bond motifs is 1. The van der Waals surface area contributed by atoms with Crippen LogP contribution in [0.15, 0.2) is 0 Å². The zero-order chi connectivity index (χ0) is 15.4. The minimum Gasteiger partial charge on any atom is -0.355 e. The maximum Gasteiger partial charge on any atom is 0.224 e. The fourth-order valence-corrected chi connectivity index (χ4v) is 3.34. The smallest absolute Gasteiger partial charge is 0.224 e. The molecule has 22 heavy (non-hydrogen) atoms. The highest BCUT2D eigenvalue weighted by Crippen LogP contribution is 2.15. The zero-order valence-electron chi connectivity index (χ0n) is 13.3. The van der Waals surface area contributed by atoms with Gasteiger partial charge in [-0.25, -0.2) is 0 Å². The predicted molar refractivity (Wildman–Crippen MR) is 83.5 cm³/mol. The molecule has 1 aromatic heterocycles. The molecular weight excluding hydrogens is 280 g/mol. The number of likely N-dealkylation sites (tertiary alicyclic amines) is 1. The second-order valence-electron chi connectivity index (χ2n) is 6.33. The molecule has 1 saturated heterocycles. The lowest BCUT2D eigenvalue weighted by molar-refractivity contribution is -0.126. The van der Waals surface area contributed by atoms with Crippen LogP contribution in [0.3, 0.4) is 0 Å². The van der Waals surface area contributed by atoms with Gasteiger partial charge in [0, 0.05) is 45.6 Å². The van der Waals surface area contributed by atoms with Gasteiger partial charge in [-0.3, -0.25) is 4.79 Å². The summed E-state index contributed by atoms with van der Waals surface area (Å²) in [6.07, 6.45) is 3.79. The molecule has 1 amide bonds. The van der Waals surface area contributed by atoms with Gasteiger partial charge in [0.2, 0.25) is 5.91 Å². The Morgan fingerprint density at radius 3 is 3.14 bits per heavy atom. The average molecular weight is 306 g/mol. The summed E-state index contributed by atoms with van der Waals surface area (Å²) in [5.41, 5.74) is 0. The van der Waals surface area contributed by atoms with Crippen LogP contribution in [0.2, 0.25) is 0 Å². The van der Waals surface area contributed by atoms with Crippen molar-refractivity contribution in [2.45, 2.75) is 32.2 Å². The van der Waals surface area contributed by atoms with E-state index in [1.54, 1.807) is 0 Å². The van der Waals surface area contributed by atoms with Crippen molar-refractivity contribution in [1.29, 1.82) is 0 Å². The Morgan fingerprint density at radius 2 is 2.27 bits per heavy atom. The van der Waals surface area contributed by atoms with Crippen molar-refractivity contribution in [3.05, 3.63) is 11.6 Å². The van der Waals surface area contributed by atoms with Crippen LogP contribution in [-0.2, 0) is 24.2 Å². The highest BCUT2D eigenvalue weighted by Gasteiger charge is 2.23. The first kappa shape index (κ1) is 15.4. The lowest BCUT2D eigenvalue weighted by atomic mass is 9.97. The molecule has 2 aliphatic heterocycles. The average Bonchev–Trinajstić information content (AvgIpc) is 2.75. The monoisotopic (exact) mass is 306 g/mol. The minimum absolute atomic E-state index is 0.137. The number of hydrogen-bond donors (Lipinski definition) is 2. The topological polar surface area (TPSA) is 75.1 Å². The van der Waals surface area contributed by atoms with Crippen molar-refractivity contribution in [3.8, 4) is 0 Å². The summed E-state index contributed by atoms with van der Waals surface area (Å²) in [6.45, 7) is 5.45. The second-order valence-corrected chi connectivity index (χ2v) is 6.33. The van der Waals surface area contributed by atoms with Crippen LogP contribution in [0, 0.1) is 5.92 Å². The standard InChI is InChI=1S/C15H26N6O/c1-20-9-2-3-12(11-20)15(22)17-7-5-14-19-18-13-4-6-16-8-10-21(13)14/h12,16H,2-11H2,1H3,(H,17,22). The summed E-state index contributed by atoms with van der Waals surface area (Å²) in [5, 5.41) is 15.0. The molecule has 1 atom stereocenters. The van der Waals surface area contributed by atoms with E-state index in [-0.39, 0.29) is 11.8 Å². The number of nitrogens with zero attached hydrogens (tertiary/aromatic N) is 4. The number of amides is 1. The summed E-state index contributed by atoms with van der Waals surface area (Å²) in [6, 6.07) is 0. The first-order valence-electron chi connectivity index (χ1n) is 8.32. The van der Waals surface area contributed by atoms with Gasteiger partial charge < -0.3 is 20.1 Å². The Morgan fingerprint density at radius 1 is 1.36 bits per heavy atom. The van der Waals surface area contributed by atoms with Gasteiger partial charge in [-0.15, -0.1) is 10.2 Å². The van der Waals surface area contributed by atoms with Gasteiger partial charge in [-0.2, -0.15) is 0 Å². The van der Waals surface area contributed by atoms with Gasteiger partial charge in [-0.05, 0) is 26.4 Å². The fourth-order valence-electron chi connectivity index (χ4n) is 3.34. The van der Waals surface area contributed by atoms with E-state index in [0.29, 0.717) is 6.54 Å². The number of aromatic nitrogens is 3. The summed E-state index contributed by atoms with van der Waals surface area (Å²) >= 11 is 0. The van der Waals surface area contributed by atoms with Gasteiger partial charge in [0.25, 0.3) is 0 Å². The molecule has 0 spiro atoms. The van der Waals surface area contributed by atoms with Gasteiger partial charge in [0.15, 0.2) is 0 Å². The van der Waals surface area contributed by atoms with Crippen molar-refractivity contribution in [2.75, 3.05) is 39.8 Å². The van der Waals surface area contributed by atoms with Crippen LogP contribution in [0.25, 0.3) is 0 Å². The number of carbonyl (C=O) groups is 1. The van der Waals surface area contributed by atoms with Gasteiger partial charge in [0.1, 0.15) is 11.6 Å². The molecule has 1 aromatic rings. The minimum atomic E-state index is 0.137. The number of nitrogens with one attached hydrogen (secondary N) is 2. The van der Waals surface area contributed by atoms with E-state index in [1.165, 1.54) is 0 Å². The van der Waals surface area contributed by atoms with Crippen LogP contribution in [0.4, 0.5) is 0 Å². The zero-order valence-corrected chi connectivity index (χ0v) is 13.3. The van der Waals surface area contributed by atoms with Crippen molar-refractivity contribution in [3.63, 3.8) is 0 Å². The van der Waals surface area contributed by atoms with Crippen LogP contribution < -0.4 is 10.6 Å². The van der Waals surface area contributed by atoms with E-state index in [0.717, 1.165) is 70.1 Å². The Balaban J connectivity index is 1.49. The Bertz CT molecular complexity index is 514. The van der Waals surface area contributed by atoms with Crippen molar-refractivity contribution in [2.24, 2.45) is 5.92 Å². The molecule has 122 valence electrons. The van der Waals surface area contributed by atoms with E-state index in [4.69, 9.17) is 0 Å². The summed E-state index contributed by atoms with van der Waals surface area (Å²) < 4.78 is 2.19. The van der Waals surface area contributed by atoms with Crippen molar-refractivity contribution < 1.29 is 4.79 Å². The maximum absolute atomic E-state index is 12.2. The number of hydrogen-bond acceptors (Lipinski definition) is 5. The summed E-state index contributed by atoms with van der Waals surface area (Å²) in [4.78, 5) is 14.5. The van der Waals surface area contributed by atoms with Crippen LogP contribution >= 0.6 is 0 Å². The maximum atomic E-state index is 12.2. The molecule has 3 rings (SSSR count). The fraction of sp³-hybridized carbons (Fsp3) is 0.800. The summed E-state index contributed by atoms with van der Waals surface area (Å²) in [5.74, 6) is 2.36. The molecule has 0 radical (unpaired) electrons. The molecule has 0 bridgehead atoms. The molecule has 1 unspecified atom stereocenters. The van der Waals surface area contributed by atoms with Gasteiger partial charge in [-0.1, -0.05) is 0 Å². The normalized spacial score (nSPS) is 22.9. The third-order valence-corrected chi connectivity index (χ3v) is 4.58. The lowest BCUT2D eigenvalue weighted by Crippen LogP contribution is -2.42. The molecule has 7 nitrogen and oxygen atoms in total. The largest absolute Gasteiger partial charge is 0.355 e. The molecule has 7 heteroatoms. The van der Waals surface area contributed by atoms with Crippen molar-refractivity contribution >= 4 is 5.91 Å². The second kappa shape index (κ2) is 7.19. The van der Waals surface area contributed by atoms with E-state index in [1.807, 2.05) is 0 Å². The van der Waals surface area contributed by atoms with E-state index in [9.17, 15) is 4.79 Å². The van der Waals surface area contributed by atoms with E-state index in [2.05, 4.69) is 37.3 Å². The van der Waals surface area contributed by atoms with Crippen LogP contribution in [0.5, 0.6) is 0 Å². The molecule has 1 fully saturated rings. The predicted octanol–water partition coefficient (Wildman–Crippen LogP) is -0.576. The third-order valence-electron chi connectivity index (χ3n) is 4.58. The molecule has 0 aliphatic carbocycles. The van der Waals surface area contributed by atoms with E-state index >= 15 is 0 Å². The Kier molecular flexibility index (Phi) is 5.04. The van der Waals surface area contributed by atoms with Gasteiger partial charge >= 0.3 is 0 Å². The molecule has 2 aliphatic rings. The lowest BCUT2D eigenvalue weighted by Gasteiger charge is -2.28. The first-order valence-corrected chi connectivity index (χ1v) is 8.32. The number of carbonyl (C=O) groups excluding carboxylic acids is 1. The van der Waals surface area contributed by atoms with Crippen molar-refractivity contribution in [1.82, 2.24) is 30.3 Å². The molecule has 0 aromatic carbocycles. The SMILES string of the molecule is CN1CCCC(C(=O)NCCc2nnc3n2CCNCC3)C1. The van der Waals surface area contributed by atoms with E-state index < -0.39 is 0 Å². The molecule has 2 N–H and O–H groups in total. The third kappa shape index (κ3) is 3.64. The number of rotatable bonds is 4. The summed E-state index contributed by atoms with van der Waals surface area (Å²) in [7, 11) is 2.08. The Hall–Kier alpha value is -1.47. The molecular formula is C15H26N6O. The Labute approximate surface area is 131 Å². The highest BCUT2D eigenvalue weighted by atomic mass is 16.1. The van der Waals surface area contributed by atoms with Crippen LogP contribution in [0.1, 0.15) is 24.5 Å². The molecule has 0 saturated carbocycles. The quantitative estimate of drug-likeness (QED) is 0.779. The van der Waals surface area contributed by atoms with Gasteiger partial charge in [0.05, 0.1) is 5.92 Å². The van der Waals surface area contributed by atoms with Crippen LogP contribution in [-0.4, -0.2) is 65.3 Å². The number of piperidine rings is 1. The highest BCUT2D eigenvalue weighted by molar-refractivity contribution is 5.78. The first-order chi connectivity index (χ1) is 10.7.